The molecule has 0 bridgehead atoms. The minimum Gasteiger partial charge on any atom is -0.308 e. The Bertz CT molecular complexity index is 344. The van der Waals surface area contributed by atoms with Crippen molar-refractivity contribution in [3.05, 3.63) is 16.1 Å². The second kappa shape index (κ2) is 5.94. The molecule has 1 aromatic rings. The number of thiazole rings is 1. The second-order valence-corrected chi connectivity index (χ2v) is 6.42. The van der Waals surface area contributed by atoms with E-state index in [1.165, 1.54) is 23.5 Å². The summed E-state index contributed by atoms with van der Waals surface area (Å²) in [5.74, 6) is 0.717. The minimum atomic E-state index is 0.717. The Hall–Kier alpha value is -0.450. The molecular formula is C13H23N3S. The molecule has 1 N–H and O–H groups in total. The Morgan fingerprint density at radius 2 is 2.29 bits per heavy atom. The van der Waals surface area contributed by atoms with Crippen molar-refractivity contribution in [1.29, 1.82) is 0 Å². The first-order valence-corrected chi connectivity index (χ1v) is 7.36. The highest BCUT2D eigenvalue weighted by atomic mass is 32.1. The number of hydrogen-bond donors (Lipinski definition) is 1. The Morgan fingerprint density at radius 3 is 2.94 bits per heavy atom. The van der Waals surface area contributed by atoms with Crippen LogP contribution in [0.3, 0.4) is 0 Å². The number of aromatic nitrogens is 1. The van der Waals surface area contributed by atoms with Gasteiger partial charge in [-0.15, -0.1) is 11.3 Å². The van der Waals surface area contributed by atoms with Crippen LogP contribution in [0.2, 0.25) is 0 Å². The molecule has 0 radical (unpaired) electrons. The first-order chi connectivity index (χ1) is 8.13. The highest BCUT2D eigenvalue weighted by Crippen LogP contribution is 2.20. The molecule has 1 aliphatic carbocycles. The van der Waals surface area contributed by atoms with E-state index in [-0.39, 0.29) is 0 Å². The van der Waals surface area contributed by atoms with Gasteiger partial charge in [-0.25, -0.2) is 4.98 Å². The summed E-state index contributed by atoms with van der Waals surface area (Å²) in [6, 6.07) is 0.769. The van der Waals surface area contributed by atoms with Crippen molar-refractivity contribution >= 4 is 11.3 Å². The summed E-state index contributed by atoms with van der Waals surface area (Å²) < 4.78 is 0. The SMILES string of the molecule is CC(C)CN(C)Cc1csc(CNC2CC2)n1. The van der Waals surface area contributed by atoms with Crippen molar-refractivity contribution in [3.63, 3.8) is 0 Å². The van der Waals surface area contributed by atoms with Gasteiger partial charge >= 0.3 is 0 Å². The summed E-state index contributed by atoms with van der Waals surface area (Å²) in [7, 11) is 2.17. The van der Waals surface area contributed by atoms with E-state index in [0.717, 1.165) is 31.6 Å². The molecule has 1 heterocycles. The molecule has 96 valence electrons. The first-order valence-electron chi connectivity index (χ1n) is 6.48. The van der Waals surface area contributed by atoms with Gasteiger partial charge in [0.1, 0.15) is 5.01 Å². The molecular weight excluding hydrogens is 230 g/mol. The Labute approximate surface area is 108 Å². The van der Waals surface area contributed by atoms with E-state index in [9.17, 15) is 0 Å². The Kier molecular flexibility index (Phi) is 4.54. The maximum absolute atomic E-state index is 4.67. The monoisotopic (exact) mass is 253 g/mol. The lowest BCUT2D eigenvalue weighted by atomic mass is 10.2. The van der Waals surface area contributed by atoms with Crippen molar-refractivity contribution in [2.75, 3.05) is 13.6 Å². The van der Waals surface area contributed by atoms with Gasteiger partial charge in [-0.05, 0) is 25.8 Å². The Balaban J connectivity index is 1.76. The normalized spacial score (nSPS) is 16.1. The number of rotatable bonds is 7. The zero-order valence-corrected chi connectivity index (χ0v) is 11.9. The fourth-order valence-corrected chi connectivity index (χ4v) is 2.72. The molecule has 0 unspecified atom stereocenters. The van der Waals surface area contributed by atoms with Gasteiger partial charge in [0.2, 0.25) is 0 Å². The average Bonchev–Trinajstić information content (AvgIpc) is 2.96. The van der Waals surface area contributed by atoms with Gasteiger partial charge in [0.25, 0.3) is 0 Å². The highest BCUT2D eigenvalue weighted by molar-refractivity contribution is 7.09. The van der Waals surface area contributed by atoms with Gasteiger partial charge in [-0.1, -0.05) is 13.8 Å². The molecule has 0 spiro atoms. The molecule has 1 aromatic heterocycles. The summed E-state index contributed by atoms with van der Waals surface area (Å²) in [6.07, 6.45) is 2.69. The van der Waals surface area contributed by atoms with Gasteiger partial charge in [0.15, 0.2) is 0 Å². The molecule has 0 aromatic carbocycles. The topological polar surface area (TPSA) is 28.2 Å². The molecule has 1 saturated carbocycles. The third kappa shape index (κ3) is 4.74. The predicted molar refractivity (Wildman–Crippen MR) is 73.1 cm³/mol. The maximum atomic E-state index is 4.67. The third-order valence-electron chi connectivity index (χ3n) is 2.83. The highest BCUT2D eigenvalue weighted by Gasteiger charge is 2.20. The molecule has 1 fully saturated rings. The van der Waals surface area contributed by atoms with E-state index in [4.69, 9.17) is 0 Å². The van der Waals surface area contributed by atoms with Crippen LogP contribution in [-0.2, 0) is 13.1 Å². The van der Waals surface area contributed by atoms with Crippen LogP contribution >= 0.6 is 11.3 Å². The van der Waals surface area contributed by atoms with E-state index in [2.05, 4.69) is 41.5 Å². The van der Waals surface area contributed by atoms with Crippen LogP contribution in [0.5, 0.6) is 0 Å². The molecule has 0 amide bonds. The molecule has 1 aliphatic rings. The second-order valence-electron chi connectivity index (χ2n) is 5.48. The van der Waals surface area contributed by atoms with Crippen LogP contribution in [0.1, 0.15) is 37.4 Å². The van der Waals surface area contributed by atoms with Crippen molar-refractivity contribution in [3.8, 4) is 0 Å². The molecule has 2 rings (SSSR count). The van der Waals surface area contributed by atoms with Crippen LogP contribution in [-0.4, -0.2) is 29.5 Å². The van der Waals surface area contributed by atoms with Crippen LogP contribution in [0.15, 0.2) is 5.38 Å². The van der Waals surface area contributed by atoms with Gasteiger partial charge in [0.05, 0.1) is 5.69 Å². The van der Waals surface area contributed by atoms with E-state index >= 15 is 0 Å². The lowest BCUT2D eigenvalue weighted by Gasteiger charge is -2.17. The third-order valence-corrected chi connectivity index (χ3v) is 3.72. The maximum Gasteiger partial charge on any atom is 0.107 e. The Morgan fingerprint density at radius 1 is 1.53 bits per heavy atom. The van der Waals surface area contributed by atoms with Gasteiger partial charge in [-0.2, -0.15) is 0 Å². The zero-order valence-electron chi connectivity index (χ0n) is 11.1. The van der Waals surface area contributed by atoms with Crippen molar-refractivity contribution in [2.45, 2.75) is 45.8 Å². The van der Waals surface area contributed by atoms with Crippen LogP contribution in [0.25, 0.3) is 0 Å². The summed E-state index contributed by atoms with van der Waals surface area (Å²) >= 11 is 1.78. The zero-order chi connectivity index (χ0) is 12.3. The van der Waals surface area contributed by atoms with E-state index in [1.807, 2.05) is 0 Å². The number of nitrogens with one attached hydrogen (secondary N) is 1. The number of hydrogen-bond acceptors (Lipinski definition) is 4. The van der Waals surface area contributed by atoms with Gasteiger partial charge < -0.3 is 10.2 Å². The lowest BCUT2D eigenvalue weighted by Crippen LogP contribution is -2.23. The van der Waals surface area contributed by atoms with E-state index < -0.39 is 0 Å². The summed E-state index contributed by atoms with van der Waals surface area (Å²) in [6.45, 7) is 7.56. The standard InChI is InChI=1S/C13H23N3S/c1-10(2)7-16(3)8-12-9-17-13(15-12)6-14-11-4-5-11/h9-11,14H,4-8H2,1-3H3. The minimum absolute atomic E-state index is 0.717. The van der Waals surface area contributed by atoms with Crippen LogP contribution < -0.4 is 5.32 Å². The quantitative estimate of drug-likeness (QED) is 0.809. The molecule has 0 atom stereocenters. The van der Waals surface area contributed by atoms with Crippen LogP contribution in [0, 0.1) is 5.92 Å². The summed E-state index contributed by atoms with van der Waals surface area (Å²) in [5, 5.41) is 6.93. The fraction of sp³-hybridized carbons (Fsp3) is 0.769. The van der Waals surface area contributed by atoms with Crippen LogP contribution in [0.4, 0.5) is 0 Å². The summed E-state index contributed by atoms with van der Waals surface area (Å²) in [5.41, 5.74) is 1.21. The van der Waals surface area contributed by atoms with Gasteiger partial charge in [0, 0.05) is 31.1 Å². The largest absolute Gasteiger partial charge is 0.308 e. The van der Waals surface area contributed by atoms with Crippen molar-refractivity contribution in [1.82, 2.24) is 15.2 Å². The smallest absolute Gasteiger partial charge is 0.107 e. The molecule has 17 heavy (non-hydrogen) atoms. The van der Waals surface area contributed by atoms with E-state index in [0.29, 0.717) is 0 Å². The first kappa shape index (κ1) is 13.0. The predicted octanol–water partition coefficient (Wildman–Crippen LogP) is 2.48. The van der Waals surface area contributed by atoms with Crippen molar-refractivity contribution in [2.24, 2.45) is 5.92 Å². The molecule has 3 nitrogen and oxygen atoms in total. The van der Waals surface area contributed by atoms with Gasteiger partial charge in [-0.3, -0.25) is 0 Å². The number of nitrogens with zero attached hydrogens (tertiary/aromatic N) is 2. The average molecular weight is 253 g/mol. The lowest BCUT2D eigenvalue weighted by molar-refractivity contribution is 0.285. The molecule has 4 heteroatoms. The summed E-state index contributed by atoms with van der Waals surface area (Å²) in [4.78, 5) is 7.02. The molecule has 0 saturated heterocycles. The van der Waals surface area contributed by atoms with E-state index in [1.54, 1.807) is 11.3 Å². The van der Waals surface area contributed by atoms with Crippen molar-refractivity contribution < 1.29 is 0 Å². The fourth-order valence-electron chi connectivity index (χ4n) is 1.99. The molecule has 0 aliphatic heterocycles.